The number of ketones is 1. The zero-order chi connectivity index (χ0) is 21.0. The normalized spacial score (nSPS) is 16.7. The highest BCUT2D eigenvalue weighted by Crippen LogP contribution is 2.24. The van der Waals surface area contributed by atoms with Crippen LogP contribution in [-0.4, -0.2) is 54.6 Å². The highest BCUT2D eigenvalue weighted by molar-refractivity contribution is 7.91. The van der Waals surface area contributed by atoms with E-state index in [1.165, 1.54) is 6.26 Å². The third-order valence-electron chi connectivity index (χ3n) is 5.01. The van der Waals surface area contributed by atoms with Gasteiger partial charge < -0.3 is 10.6 Å². The number of benzene rings is 1. The minimum Gasteiger partial charge on any atom is -0.387 e. The molecule has 9 heteroatoms. The van der Waals surface area contributed by atoms with Crippen LogP contribution in [0.25, 0.3) is 11.1 Å². The van der Waals surface area contributed by atoms with E-state index in [0.717, 1.165) is 16.7 Å². The minimum absolute atomic E-state index is 0.00825. The van der Waals surface area contributed by atoms with E-state index in [4.69, 9.17) is 11.1 Å². The predicted molar refractivity (Wildman–Crippen MR) is 113 cm³/mol. The van der Waals surface area contributed by atoms with Crippen LogP contribution in [0.2, 0.25) is 0 Å². The third-order valence-corrected chi connectivity index (χ3v) is 6.61. The molecule has 1 aliphatic heterocycles. The van der Waals surface area contributed by atoms with E-state index in [-0.39, 0.29) is 23.3 Å². The molecule has 0 radical (unpaired) electrons. The molecule has 8 nitrogen and oxygen atoms in total. The maximum Gasteiger partial charge on any atom is 0.225 e. The largest absolute Gasteiger partial charge is 0.387 e. The summed E-state index contributed by atoms with van der Waals surface area (Å²) in [7, 11) is -3.06. The number of hydrogen-bond donors (Lipinski definition) is 2. The Labute approximate surface area is 170 Å². The summed E-state index contributed by atoms with van der Waals surface area (Å²) in [5.41, 5.74) is 8.08. The molecule has 1 aromatic carbocycles. The first-order chi connectivity index (χ1) is 13.7. The number of Topliss-reactive ketones (excluding diaryl/α,β-unsaturated/α-hetero) is 1. The lowest BCUT2D eigenvalue weighted by Crippen LogP contribution is -2.27. The van der Waals surface area contributed by atoms with E-state index in [1.807, 2.05) is 29.2 Å². The Morgan fingerprint density at radius 1 is 1.28 bits per heavy atom. The Morgan fingerprint density at radius 2 is 2.00 bits per heavy atom. The number of aryl methyl sites for hydroxylation is 1. The van der Waals surface area contributed by atoms with Crippen molar-refractivity contribution in [2.24, 2.45) is 5.73 Å². The van der Waals surface area contributed by atoms with Crippen molar-refractivity contribution in [3.05, 3.63) is 42.2 Å². The van der Waals surface area contributed by atoms with Gasteiger partial charge in [-0.05, 0) is 24.0 Å². The second-order valence-corrected chi connectivity index (χ2v) is 9.72. The molecule has 3 N–H and O–H groups in total. The molecule has 0 spiro atoms. The molecule has 1 unspecified atom stereocenters. The molecule has 3 rings (SSSR count). The fourth-order valence-corrected chi connectivity index (χ4v) is 4.37. The van der Waals surface area contributed by atoms with Gasteiger partial charge in [0, 0.05) is 43.7 Å². The quantitative estimate of drug-likeness (QED) is 0.494. The summed E-state index contributed by atoms with van der Waals surface area (Å²) in [6, 6.07) is 7.82. The third kappa shape index (κ3) is 5.60. The summed E-state index contributed by atoms with van der Waals surface area (Å²) in [5.74, 6) is 0.376. The molecular weight excluding hydrogens is 390 g/mol. The van der Waals surface area contributed by atoms with Gasteiger partial charge in [0.2, 0.25) is 5.95 Å². The maximum atomic E-state index is 11.7. The molecule has 2 heterocycles. The highest BCUT2D eigenvalue weighted by atomic mass is 32.2. The number of carbonyl (C=O) groups excluding carboxylic acids is 1. The first-order valence-corrected chi connectivity index (χ1v) is 11.4. The van der Waals surface area contributed by atoms with Crippen LogP contribution in [0.1, 0.15) is 24.8 Å². The lowest BCUT2D eigenvalue weighted by Gasteiger charge is -2.16. The van der Waals surface area contributed by atoms with Gasteiger partial charge in [-0.3, -0.25) is 10.2 Å². The van der Waals surface area contributed by atoms with E-state index in [0.29, 0.717) is 38.3 Å². The van der Waals surface area contributed by atoms with Crippen LogP contribution in [0, 0.1) is 5.41 Å². The average molecular weight is 416 g/mol. The molecule has 0 aliphatic carbocycles. The number of nitrogens with two attached hydrogens (primary N) is 1. The summed E-state index contributed by atoms with van der Waals surface area (Å²) in [4.78, 5) is 22.5. The van der Waals surface area contributed by atoms with Crippen LogP contribution >= 0.6 is 0 Å². The van der Waals surface area contributed by atoms with Crippen LogP contribution in [-0.2, 0) is 21.1 Å². The lowest BCUT2D eigenvalue weighted by atomic mass is 10.0. The molecular formula is C20H25N5O3S. The van der Waals surface area contributed by atoms with E-state index >= 15 is 0 Å². The van der Waals surface area contributed by atoms with Crippen molar-refractivity contribution in [1.29, 1.82) is 5.41 Å². The van der Waals surface area contributed by atoms with Crippen LogP contribution in [0.15, 0.2) is 36.7 Å². The number of sulfone groups is 1. The standard InChI is InChI=1S/C20H25N5O3S/c1-29(27,28)18-7-8-25(13-18)20-23-11-16(12-24-20)15-4-2-3-14(9-15)5-6-17(26)10-19(21)22/h2-4,9,11-12,18H,5-8,10,13H2,1H3,(H3,21,22). The SMILES string of the molecule is CS(=O)(=O)C1CCN(c2ncc(-c3cccc(CCC(=O)CC(=N)N)c3)cn2)C1. The number of anilines is 1. The van der Waals surface area contributed by atoms with Crippen molar-refractivity contribution < 1.29 is 13.2 Å². The molecule has 0 bridgehead atoms. The number of amidine groups is 1. The van der Waals surface area contributed by atoms with Gasteiger partial charge in [0.25, 0.3) is 0 Å². The molecule has 1 saturated heterocycles. The van der Waals surface area contributed by atoms with E-state index in [9.17, 15) is 13.2 Å². The smallest absolute Gasteiger partial charge is 0.225 e. The van der Waals surface area contributed by atoms with Gasteiger partial charge in [-0.15, -0.1) is 0 Å². The fourth-order valence-electron chi connectivity index (χ4n) is 3.38. The van der Waals surface area contributed by atoms with Gasteiger partial charge in [-0.1, -0.05) is 24.3 Å². The van der Waals surface area contributed by atoms with Crippen LogP contribution in [0.3, 0.4) is 0 Å². The van der Waals surface area contributed by atoms with E-state index in [2.05, 4.69) is 9.97 Å². The molecule has 1 aliphatic rings. The number of carbonyl (C=O) groups is 1. The molecule has 2 aromatic rings. The number of aromatic nitrogens is 2. The van der Waals surface area contributed by atoms with Crippen molar-refractivity contribution in [1.82, 2.24) is 9.97 Å². The summed E-state index contributed by atoms with van der Waals surface area (Å²) < 4.78 is 23.4. The fraction of sp³-hybridized carbons (Fsp3) is 0.400. The Balaban J connectivity index is 1.66. The first-order valence-electron chi connectivity index (χ1n) is 9.42. The lowest BCUT2D eigenvalue weighted by molar-refractivity contribution is -0.117. The minimum atomic E-state index is -3.06. The Bertz CT molecular complexity index is 1010. The average Bonchev–Trinajstić information content (AvgIpc) is 3.17. The summed E-state index contributed by atoms with van der Waals surface area (Å²) in [6.45, 7) is 1.04. The first kappa shape index (κ1) is 20.9. The molecule has 1 atom stereocenters. The predicted octanol–water partition coefficient (Wildman–Crippen LogP) is 1.59. The van der Waals surface area contributed by atoms with Gasteiger partial charge in [-0.2, -0.15) is 0 Å². The molecule has 29 heavy (non-hydrogen) atoms. The summed E-state index contributed by atoms with van der Waals surface area (Å²) >= 11 is 0. The second kappa shape index (κ2) is 8.69. The van der Waals surface area contributed by atoms with E-state index < -0.39 is 9.84 Å². The molecule has 1 fully saturated rings. The Kier molecular flexibility index (Phi) is 6.26. The Hall–Kier alpha value is -2.81. The number of hydrogen-bond acceptors (Lipinski definition) is 7. The van der Waals surface area contributed by atoms with Gasteiger partial charge in [-0.25, -0.2) is 18.4 Å². The number of nitrogens with zero attached hydrogens (tertiary/aromatic N) is 3. The molecule has 1 aromatic heterocycles. The highest BCUT2D eigenvalue weighted by Gasteiger charge is 2.31. The van der Waals surface area contributed by atoms with Crippen molar-refractivity contribution in [2.75, 3.05) is 24.2 Å². The molecule has 154 valence electrons. The number of rotatable bonds is 8. The maximum absolute atomic E-state index is 11.7. The van der Waals surface area contributed by atoms with Crippen molar-refractivity contribution in [3.63, 3.8) is 0 Å². The zero-order valence-electron chi connectivity index (χ0n) is 16.3. The Morgan fingerprint density at radius 3 is 2.62 bits per heavy atom. The van der Waals surface area contributed by atoms with Crippen molar-refractivity contribution in [3.8, 4) is 11.1 Å². The zero-order valence-corrected chi connectivity index (χ0v) is 17.2. The van der Waals surface area contributed by atoms with Crippen molar-refractivity contribution >= 4 is 27.4 Å². The summed E-state index contributed by atoms with van der Waals surface area (Å²) in [6.07, 6.45) is 6.24. The van der Waals surface area contributed by atoms with Gasteiger partial charge >= 0.3 is 0 Å². The van der Waals surface area contributed by atoms with Gasteiger partial charge in [0.15, 0.2) is 9.84 Å². The second-order valence-electron chi connectivity index (χ2n) is 7.40. The monoisotopic (exact) mass is 415 g/mol. The van der Waals surface area contributed by atoms with E-state index in [1.54, 1.807) is 12.4 Å². The van der Waals surface area contributed by atoms with Gasteiger partial charge in [0.1, 0.15) is 5.78 Å². The molecule has 0 saturated carbocycles. The topological polar surface area (TPSA) is 130 Å². The van der Waals surface area contributed by atoms with Crippen LogP contribution in [0.4, 0.5) is 5.95 Å². The van der Waals surface area contributed by atoms with Crippen molar-refractivity contribution in [2.45, 2.75) is 30.9 Å². The molecule has 0 amide bonds. The summed E-state index contributed by atoms with van der Waals surface area (Å²) in [5, 5.41) is 6.82. The number of nitrogens with one attached hydrogen (secondary N) is 1. The van der Waals surface area contributed by atoms with Crippen LogP contribution < -0.4 is 10.6 Å². The van der Waals surface area contributed by atoms with Crippen LogP contribution in [0.5, 0.6) is 0 Å². The van der Waals surface area contributed by atoms with Gasteiger partial charge in [0.05, 0.1) is 17.5 Å².